The van der Waals surface area contributed by atoms with Gasteiger partial charge in [-0.05, 0) is 62.6 Å². The van der Waals surface area contributed by atoms with Gasteiger partial charge in [-0.25, -0.2) is 4.79 Å². The van der Waals surface area contributed by atoms with E-state index in [1.54, 1.807) is 31.4 Å². The van der Waals surface area contributed by atoms with Gasteiger partial charge in [-0.3, -0.25) is 4.79 Å². The highest BCUT2D eigenvalue weighted by Gasteiger charge is 2.28. The molecule has 0 unspecified atom stereocenters. The summed E-state index contributed by atoms with van der Waals surface area (Å²) in [6.45, 7) is 3.25. The molecule has 0 radical (unpaired) electrons. The van der Waals surface area contributed by atoms with Gasteiger partial charge in [-0.1, -0.05) is 5.16 Å². The minimum atomic E-state index is -0.642. The zero-order valence-electron chi connectivity index (χ0n) is 16.3. The minimum absolute atomic E-state index is 0.213. The quantitative estimate of drug-likeness (QED) is 0.287. The maximum Gasteiger partial charge on any atom is 0.347 e. The van der Waals surface area contributed by atoms with E-state index in [0.29, 0.717) is 11.6 Å². The summed E-state index contributed by atoms with van der Waals surface area (Å²) in [5.74, 6) is -0.115. The molecule has 0 aliphatic heterocycles. The van der Waals surface area contributed by atoms with Crippen molar-refractivity contribution in [1.82, 2.24) is 4.57 Å². The molecule has 1 aromatic carbocycles. The number of ketones is 1. The molecule has 1 heterocycles. The van der Waals surface area contributed by atoms with E-state index in [4.69, 9.17) is 14.3 Å². The van der Waals surface area contributed by atoms with Gasteiger partial charge in [0.15, 0.2) is 6.61 Å². The Morgan fingerprint density at radius 2 is 1.89 bits per heavy atom. The number of aryl methyl sites for hydroxylation is 1. The van der Waals surface area contributed by atoms with E-state index in [9.17, 15) is 9.59 Å². The summed E-state index contributed by atoms with van der Waals surface area (Å²) >= 11 is 0. The normalized spacial score (nSPS) is 13.5. The van der Waals surface area contributed by atoms with Gasteiger partial charge in [0.25, 0.3) is 0 Å². The van der Waals surface area contributed by atoms with Crippen molar-refractivity contribution in [2.45, 2.75) is 32.7 Å². The number of hydrogen-bond acceptors (Lipinski definition) is 6. The number of benzene rings is 1. The smallest absolute Gasteiger partial charge is 0.347 e. The van der Waals surface area contributed by atoms with Crippen LogP contribution < -0.4 is 4.74 Å². The van der Waals surface area contributed by atoms with Gasteiger partial charge in [0.1, 0.15) is 5.75 Å². The van der Waals surface area contributed by atoms with Crippen molar-refractivity contribution in [1.29, 1.82) is 0 Å². The monoisotopic (exact) mass is 384 g/mol. The van der Waals surface area contributed by atoms with Crippen molar-refractivity contribution in [3.8, 4) is 5.75 Å². The van der Waals surface area contributed by atoms with Crippen LogP contribution >= 0.6 is 0 Å². The first kappa shape index (κ1) is 19.7. The van der Waals surface area contributed by atoms with Crippen LogP contribution in [0.15, 0.2) is 35.5 Å². The highest BCUT2D eigenvalue weighted by molar-refractivity contribution is 5.99. The molecule has 7 heteroatoms. The van der Waals surface area contributed by atoms with Crippen molar-refractivity contribution >= 4 is 18.0 Å². The summed E-state index contributed by atoms with van der Waals surface area (Å²) in [6.07, 6.45) is 3.77. The summed E-state index contributed by atoms with van der Waals surface area (Å²) in [5, 5.41) is 3.72. The molecule has 1 aliphatic carbocycles. The van der Waals surface area contributed by atoms with Crippen LogP contribution in [-0.2, 0) is 14.4 Å². The third-order valence-corrected chi connectivity index (χ3v) is 4.64. The summed E-state index contributed by atoms with van der Waals surface area (Å²) in [6, 6.07) is 9.56. The molecule has 1 saturated carbocycles. The second-order valence-electron chi connectivity index (χ2n) is 6.75. The fourth-order valence-electron chi connectivity index (χ4n) is 3.10. The molecular formula is C21H24N2O5. The van der Waals surface area contributed by atoms with Gasteiger partial charge in [-0.2, -0.15) is 0 Å². The van der Waals surface area contributed by atoms with Gasteiger partial charge < -0.3 is 18.9 Å². The Morgan fingerprint density at radius 1 is 1.18 bits per heavy atom. The Hall–Kier alpha value is -3.09. The van der Waals surface area contributed by atoms with Crippen molar-refractivity contribution in [2.75, 3.05) is 20.3 Å². The number of Topliss-reactive ketones (excluding diaryl/α,β-unsaturated/α-hetero) is 1. The first-order valence-electron chi connectivity index (χ1n) is 9.16. The molecule has 28 heavy (non-hydrogen) atoms. The number of methoxy groups -OCH3 is 1. The number of carbonyl (C=O) groups is 2. The largest absolute Gasteiger partial charge is 0.497 e. The van der Waals surface area contributed by atoms with Gasteiger partial charge in [0.05, 0.1) is 13.3 Å². The lowest BCUT2D eigenvalue weighted by atomic mass is 10.1. The zero-order valence-corrected chi connectivity index (χ0v) is 16.3. The van der Waals surface area contributed by atoms with E-state index >= 15 is 0 Å². The van der Waals surface area contributed by atoms with Crippen molar-refractivity contribution < 1.29 is 23.9 Å². The van der Waals surface area contributed by atoms with E-state index in [2.05, 4.69) is 9.72 Å². The Bertz CT molecular complexity index is 879. The first-order valence-corrected chi connectivity index (χ1v) is 9.16. The molecule has 0 N–H and O–H groups in total. The Kier molecular flexibility index (Phi) is 6.13. The van der Waals surface area contributed by atoms with Gasteiger partial charge in [-0.15, -0.1) is 0 Å². The van der Waals surface area contributed by atoms with E-state index in [0.717, 1.165) is 35.5 Å². The Morgan fingerprint density at radius 3 is 2.54 bits per heavy atom. The highest BCUT2D eigenvalue weighted by atomic mass is 16.7. The number of aromatic nitrogens is 1. The predicted octanol–water partition coefficient (Wildman–Crippen LogP) is 3.23. The molecule has 2 aromatic rings. The molecule has 0 saturated heterocycles. The molecule has 0 atom stereocenters. The molecule has 148 valence electrons. The molecule has 3 rings (SSSR count). The van der Waals surface area contributed by atoms with Crippen LogP contribution in [0.5, 0.6) is 5.75 Å². The summed E-state index contributed by atoms with van der Waals surface area (Å²) in [5.41, 5.74) is 3.40. The number of nitrogens with zero attached hydrogens (tertiary/aromatic N) is 2. The number of rotatable bonds is 9. The van der Waals surface area contributed by atoms with Crippen LogP contribution in [0, 0.1) is 13.8 Å². The van der Waals surface area contributed by atoms with Crippen LogP contribution in [0.3, 0.4) is 0 Å². The summed E-state index contributed by atoms with van der Waals surface area (Å²) < 4.78 is 12.3. The van der Waals surface area contributed by atoms with Crippen LogP contribution in [0.1, 0.15) is 46.2 Å². The van der Waals surface area contributed by atoms with Crippen molar-refractivity contribution in [2.24, 2.45) is 5.16 Å². The fraction of sp³-hybridized carbons (Fsp3) is 0.381. The lowest BCUT2D eigenvalue weighted by Gasteiger charge is -2.07. The first-order chi connectivity index (χ1) is 13.5. The standard InChI is InChI=1S/C21H24N2O5/c1-14-10-19(15(2)23(14)17-6-7-17)20(24)12-27-21(25)13-28-22-11-16-4-8-18(26-3)9-5-16/h4-5,8-11,17H,6-7,12-13H2,1-3H3/b22-11+. The van der Waals surface area contributed by atoms with Crippen molar-refractivity contribution in [3.63, 3.8) is 0 Å². The maximum absolute atomic E-state index is 12.4. The Labute approximate surface area is 163 Å². The molecular weight excluding hydrogens is 360 g/mol. The molecule has 0 bridgehead atoms. The molecule has 1 aromatic heterocycles. The van der Waals surface area contributed by atoms with Gasteiger partial charge in [0.2, 0.25) is 12.4 Å². The summed E-state index contributed by atoms with van der Waals surface area (Å²) in [4.78, 5) is 29.1. The lowest BCUT2D eigenvalue weighted by Crippen LogP contribution is -2.17. The van der Waals surface area contributed by atoms with Crippen LogP contribution in [0.25, 0.3) is 0 Å². The third kappa shape index (κ3) is 4.79. The fourth-order valence-corrected chi connectivity index (χ4v) is 3.10. The highest BCUT2D eigenvalue weighted by Crippen LogP contribution is 2.38. The van der Waals surface area contributed by atoms with E-state index in [1.807, 2.05) is 19.9 Å². The second kappa shape index (κ2) is 8.73. The average molecular weight is 384 g/mol. The Balaban J connectivity index is 1.43. The molecule has 7 nitrogen and oxygen atoms in total. The predicted molar refractivity (Wildman–Crippen MR) is 104 cm³/mol. The molecule has 0 spiro atoms. The minimum Gasteiger partial charge on any atom is -0.497 e. The van der Waals surface area contributed by atoms with E-state index in [-0.39, 0.29) is 19.0 Å². The molecule has 1 aliphatic rings. The van der Waals surface area contributed by atoms with Crippen LogP contribution in [-0.4, -0.2) is 42.9 Å². The SMILES string of the molecule is COc1ccc(/C=N/OCC(=O)OCC(=O)c2cc(C)n(C3CC3)c2C)cc1. The molecule has 0 amide bonds. The van der Waals surface area contributed by atoms with Gasteiger partial charge >= 0.3 is 5.97 Å². The molecule has 1 fully saturated rings. The average Bonchev–Trinajstić information content (AvgIpc) is 3.48. The van der Waals surface area contributed by atoms with E-state index in [1.165, 1.54) is 6.21 Å². The van der Waals surface area contributed by atoms with Crippen LogP contribution in [0.4, 0.5) is 0 Å². The maximum atomic E-state index is 12.4. The van der Waals surface area contributed by atoms with Gasteiger partial charge in [0, 0.05) is 23.0 Å². The third-order valence-electron chi connectivity index (χ3n) is 4.64. The number of oxime groups is 1. The number of hydrogen-bond donors (Lipinski definition) is 0. The van der Waals surface area contributed by atoms with Crippen LogP contribution in [0.2, 0.25) is 0 Å². The zero-order chi connectivity index (χ0) is 20.1. The lowest BCUT2D eigenvalue weighted by molar-refractivity contribution is -0.147. The van der Waals surface area contributed by atoms with Crippen molar-refractivity contribution in [3.05, 3.63) is 52.8 Å². The summed E-state index contributed by atoms with van der Waals surface area (Å²) in [7, 11) is 1.59. The van der Waals surface area contributed by atoms with E-state index < -0.39 is 5.97 Å². The second-order valence-corrected chi connectivity index (χ2v) is 6.75. The number of esters is 1. The number of ether oxygens (including phenoxy) is 2. The topological polar surface area (TPSA) is 79.1 Å². The number of carbonyl (C=O) groups excluding carboxylic acids is 2.